The quantitative estimate of drug-likeness (QED) is 0.395. The Bertz CT molecular complexity index is 1460. The van der Waals surface area contributed by atoms with Crippen molar-refractivity contribution in [3.05, 3.63) is 100 Å². The van der Waals surface area contributed by atoms with Crippen molar-refractivity contribution in [1.29, 1.82) is 15.8 Å². The summed E-state index contributed by atoms with van der Waals surface area (Å²) in [6, 6.07) is 17.6. The summed E-state index contributed by atoms with van der Waals surface area (Å²) in [5.41, 5.74) is 4.95. The summed E-state index contributed by atoms with van der Waals surface area (Å²) in [4.78, 5) is 8.94. The zero-order valence-corrected chi connectivity index (χ0v) is 15.9. The minimum Gasteiger partial charge on any atom is -0.254 e. The first kappa shape index (κ1) is 18.2. The Morgan fingerprint density at radius 1 is 0.806 bits per heavy atom. The molecule has 5 nitrogen and oxygen atoms in total. The molecule has 0 atom stereocenters. The molecule has 3 aromatic rings. The van der Waals surface area contributed by atoms with Crippen LogP contribution in [-0.4, -0.2) is 9.97 Å². The van der Waals surface area contributed by atoms with E-state index in [2.05, 4.69) is 9.97 Å². The molecule has 0 N–H and O–H groups in total. The van der Waals surface area contributed by atoms with E-state index < -0.39 is 5.82 Å². The van der Waals surface area contributed by atoms with Crippen molar-refractivity contribution in [2.75, 3.05) is 0 Å². The van der Waals surface area contributed by atoms with E-state index in [0.29, 0.717) is 33.7 Å². The van der Waals surface area contributed by atoms with Gasteiger partial charge in [0, 0.05) is 57.5 Å². The molecule has 31 heavy (non-hydrogen) atoms. The average molecular weight is 399 g/mol. The van der Waals surface area contributed by atoms with Crippen LogP contribution in [0.4, 0.5) is 4.39 Å². The smallest absolute Gasteiger partial charge is 0.138 e. The lowest BCUT2D eigenvalue weighted by Gasteiger charge is -2.11. The van der Waals surface area contributed by atoms with E-state index >= 15 is 4.39 Å². The van der Waals surface area contributed by atoms with Crippen molar-refractivity contribution in [2.45, 2.75) is 0 Å². The minimum atomic E-state index is -0.564. The van der Waals surface area contributed by atoms with E-state index in [1.807, 2.05) is 30.3 Å². The Kier molecular flexibility index (Phi) is 4.04. The normalized spacial score (nSPS) is 14.4. The molecule has 0 spiro atoms. The lowest BCUT2D eigenvalue weighted by molar-refractivity contribution is 0.624. The van der Waals surface area contributed by atoms with E-state index in [9.17, 15) is 15.8 Å². The van der Waals surface area contributed by atoms with Crippen molar-refractivity contribution in [3.63, 3.8) is 0 Å². The number of nitrogens with zero attached hydrogens (tertiary/aromatic N) is 5. The molecule has 0 radical (unpaired) electrons. The minimum absolute atomic E-state index is 0.146. The molecule has 142 valence electrons. The van der Waals surface area contributed by atoms with Gasteiger partial charge < -0.3 is 0 Å². The summed E-state index contributed by atoms with van der Waals surface area (Å²) in [7, 11) is 0. The highest BCUT2D eigenvalue weighted by atomic mass is 19.1. The maximum atomic E-state index is 15.0. The maximum Gasteiger partial charge on any atom is 0.138 e. The SMILES string of the molecule is N#C/C=C1/C(=C2c3cccnc3-c3ncccc32)C(=C(C#N)C#N)c2c(F)cccc21. The number of nitriles is 3. The van der Waals surface area contributed by atoms with Gasteiger partial charge in [0.25, 0.3) is 0 Å². The summed E-state index contributed by atoms with van der Waals surface area (Å²) in [6.07, 6.45) is 4.64. The van der Waals surface area contributed by atoms with E-state index in [-0.39, 0.29) is 16.7 Å². The number of rotatable bonds is 0. The highest BCUT2D eigenvalue weighted by molar-refractivity contribution is 6.19. The molecule has 0 saturated heterocycles. The molecule has 1 aromatic carbocycles. The molecule has 0 unspecified atom stereocenters. The van der Waals surface area contributed by atoms with Crippen LogP contribution < -0.4 is 0 Å². The van der Waals surface area contributed by atoms with Crippen LogP contribution in [0.5, 0.6) is 0 Å². The second-order valence-corrected chi connectivity index (χ2v) is 6.87. The summed E-state index contributed by atoms with van der Waals surface area (Å²) >= 11 is 0. The number of aromatic nitrogens is 2. The first-order valence-corrected chi connectivity index (χ1v) is 9.31. The molecular weight excluding hydrogens is 389 g/mol. The molecule has 2 aliphatic rings. The van der Waals surface area contributed by atoms with E-state index in [4.69, 9.17) is 0 Å². The second-order valence-electron chi connectivity index (χ2n) is 6.87. The first-order chi connectivity index (χ1) is 15.2. The molecule has 0 aliphatic heterocycles. The van der Waals surface area contributed by atoms with Crippen LogP contribution in [0.25, 0.3) is 28.1 Å². The van der Waals surface area contributed by atoms with Crippen molar-refractivity contribution in [3.8, 4) is 29.6 Å². The van der Waals surface area contributed by atoms with Crippen LogP contribution in [0, 0.1) is 39.8 Å². The molecule has 6 heteroatoms. The summed E-state index contributed by atoms with van der Waals surface area (Å²) in [6.45, 7) is 0. The Balaban J connectivity index is 2.04. The molecule has 0 fully saturated rings. The summed E-state index contributed by atoms with van der Waals surface area (Å²) in [5.74, 6) is -0.564. The highest BCUT2D eigenvalue weighted by Gasteiger charge is 2.38. The van der Waals surface area contributed by atoms with Crippen LogP contribution in [-0.2, 0) is 0 Å². The van der Waals surface area contributed by atoms with Gasteiger partial charge in [-0.15, -0.1) is 0 Å². The standard InChI is InChI=1S/C25H10FN5/c26-19-7-1-4-15-16(8-9-27)23(20(22(15)19)14(12-28)13-29)21-17-5-2-10-30-24(17)25-18(21)6-3-11-31-25/h1-8,10-11H/b16-8+. The van der Waals surface area contributed by atoms with Crippen LogP contribution in [0.3, 0.4) is 0 Å². The van der Waals surface area contributed by atoms with E-state index in [1.165, 1.54) is 12.1 Å². The van der Waals surface area contributed by atoms with Gasteiger partial charge in [-0.3, -0.25) is 9.97 Å². The van der Waals surface area contributed by atoms with Gasteiger partial charge in [0.1, 0.15) is 23.5 Å². The molecule has 2 aliphatic carbocycles. The lowest BCUT2D eigenvalue weighted by atomic mass is 9.89. The van der Waals surface area contributed by atoms with Crippen LogP contribution in [0.1, 0.15) is 22.3 Å². The van der Waals surface area contributed by atoms with Gasteiger partial charge >= 0.3 is 0 Å². The third-order valence-electron chi connectivity index (χ3n) is 5.38. The molecule has 0 bridgehead atoms. The molecular formula is C25H10FN5. The van der Waals surface area contributed by atoms with Crippen molar-refractivity contribution < 1.29 is 4.39 Å². The zero-order valence-electron chi connectivity index (χ0n) is 15.9. The fraction of sp³-hybridized carbons (Fsp3) is 0. The number of halogens is 1. The maximum absolute atomic E-state index is 15.0. The van der Waals surface area contributed by atoms with E-state index in [0.717, 1.165) is 11.1 Å². The van der Waals surface area contributed by atoms with E-state index in [1.54, 1.807) is 36.7 Å². The summed E-state index contributed by atoms with van der Waals surface area (Å²) < 4.78 is 15.0. The molecule has 0 amide bonds. The zero-order chi connectivity index (χ0) is 21.5. The van der Waals surface area contributed by atoms with Gasteiger partial charge in [-0.25, -0.2) is 4.39 Å². The molecule has 2 aromatic heterocycles. The lowest BCUT2D eigenvalue weighted by Crippen LogP contribution is -1.95. The number of allylic oxidation sites excluding steroid dienone is 5. The predicted molar refractivity (Wildman–Crippen MR) is 112 cm³/mol. The topological polar surface area (TPSA) is 97.2 Å². The molecule has 5 rings (SSSR count). The van der Waals surface area contributed by atoms with Gasteiger partial charge in [-0.1, -0.05) is 24.3 Å². The van der Waals surface area contributed by atoms with Gasteiger partial charge in [0.2, 0.25) is 0 Å². The summed E-state index contributed by atoms with van der Waals surface area (Å²) in [5, 5.41) is 28.9. The Morgan fingerprint density at radius 3 is 2.00 bits per heavy atom. The second kappa shape index (κ2) is 6.88. The third kappa shape index (κ3) is 2.45. The van der Waals surface area contributed by atoms with Gasteiger partial charge in [-0.05, 0) is 23.8 Å². The monoisotopic (exact) mass is 399 g/mol. The number of benzene rings is 1. The van der Waals surface area contributed by atoms with Gasteiger partial charge in [-0.2, -0.15) is 15.8 Å². The Morgan fingerprint density at radius 2 is 1.42 bits per heavy atom. The van der Waals surface area contributed by atoms with Gasteiger partial charge in [0.15, 0.2) is 0 Å². The molecule has 2 heterocycles. The average Bonchev–Trinajstić information content (AvgIpc) is 3.29. The predicted octanol–water partition coefficient (Wildman–Crippen LogP) is 4.82. The van der Waals surface area contributed by atoms with Crippen LogP contribution in [0.2, 0.25) is 0 Å². The van der Waals surface area contributed by atoms with Crippen molar-refractivity contribution in [1.82, 2.24) is 9.97 Å². The fourth-order valence-corrected chi connectivity index (χ4v) is 4.26. The third-order valence-corrected chi connectivity index (χ3v) is 5.38. The highest BCUT2D eigenvalue weighted by Crippen LogP contribution is 2.54. The van der Waals surface area contributed by atoms with Crippen LogP contribution >= 0.6 is 0 Å². The number of hydrogen-bond donors (Lipinski definition) is 0. The van der Waals surface area contributed by atoms with Crippen molar-refractivity contribution >= 4 is 16.7 Å². The number of fused-ring (bicyclic) bond motifs is 4. The van der Waals surface area contributed by atoms with Crippen LogP contribution in [0.15, 0.2) is 72.1 Å². The Labute approximate surface area is 177 Å². The number of pyridine rings is 2. The fourth-order valence-electron chi connectivity index (χ4n) is 4.26. The first-order valence-electron chi connectivity index (χ1n) is 9.31. The van der Waals surface area contributed by atoms with Crippen molar-refractivity contribution in [2.24, 2.45) is 0 Å². The largest absolute Gasteiger partial charge is 0.254 e. The van der Waals surface area contributed by atoms with Gasteiger partial charge in [0.05, 0.1) is 17.5 Å². The molecule has 0 saturated carbocycles. The number of hydrogen-bond acceptors (Lipinski definition) is 5. The Hall–Kier alpha value is -4.86.